The van der Waals surface area contributed by atoms with Crippen LogP contribution in [0.2, 0.25) is 0 Å². The van der Waals surface area contributed by atoms with E-state index < -0.39 is 6.10 Å². The minimum Gasteiger partial charge on any atom is -0.388 e. The third kappa shape index (κ3) is 3.40. The van der Waals surface area contributed by atoms with Crippen molar-refractivity contribution in [3.05, 3.63) is 64.7 Å². The fourth-order valence-corrected chi connectivity index (χ4v) is 2.28. The molecular formula is C18H23NO. The molecule has 1 N–H and O–H groups in total. The van der Waals surface area contributed by atoms with Crippen LogP contribution in [-0.4, -0.2) is 19.2 Å². The van der Waals surface area contributed by atoms with E-state index in [9.17, 15) is 5.11 Å². The Bertz CT molecular complexity index is 590. The fraction of sp³-hybridized carbons (Fsp3) is 0.333. The third-order valence-electron chi connectivity index (χ3n) is 3.77. The summed E-state index contributed by atoms with van der Waals surface area (Å²) in [7, 11) is 4.02. The maximum Gasteiger partial charge on any atom is 0.0831 e. The molecule has 2 aromatic carbocycles. The molecule has 20 heavy (non-hydrogen) atoms. The van der Waals surface area contributed by atoms with E-state index in [4.69, 9.17) is 0 Å². The summed E-state index contributed by atoms with van der Waals surface area (Å²) in [4.78, 5) is 2.05. The normalized spacial score (nSPS) is 12.2. The van der Waals surface area contributed by atoms with Gasteiger partial charge in [0.15, 0.2) is 0 Å². The molecular weight excluding hydrogens is 246 g/mol. The molecule has 0 radical (unpaired) electrons. The number of aliphatic hydroxyl groups excluding tert-OH is 1. The van der Waals surface area contributed by atoms with Gasteiger partial charge in [-0.25, -0.2) is 0 Å². The molecule has 0 fully saturated rings. The van der Waals surface area contributed by atoms with E-state index in [1.54, 1.807) is 0 Å². The highest BCUT2D eigenvalue weighted by Gasteiger charge is 2.10. The Hall–Kier alpha value is -1.80. The zero-order chi connectivity index (χ0) is 14.7. The van der Waals surface area contributed by atoms with Gasteiger partial charge in [0.25, 0.3) is 0 Å². The van der Waals surface area contributed by atoms with E-state index in [2.05, 4.69) is 32.0 Å². The zero-order valence-electron chi connectivity index (χ0n) is 12.7. The molecule has 0 bridgehead atoms. The van der Waals surface area contributed by atoms with Crippen LogP contribution in [0.5, 0.6) is 0 Å². The average Bonchev–Trinajstić information content (AvgIpc) is 2.43. The van der Waals surface area contributed by atoms with Crippen LogP contribution in [-0.2, 0) is 6.42 Å². The second-order valence-electron chi connectivity index (χ2n) is 5.63. The number of hydrogen-bond donors (Lipinski definition) is 1. The van der Waals surface area contributed by atoms with Crippen LogP contribution in [0.1, 0.15) is 28.4 Å². The third-order valence-corrected chi connectivity index (χ3v) is 3.77. The van der Waals surface area contributed by atoms with E-state index in [0.717, 1.165) is 11.3 Å². The fourth-order valence-electron chi connectivity index (χ4n) is 2.28. The second kappa shape index (κ2) is 6.10. The van der Waals surface area contributed by atoms with Crippen molar-refractivity contribution in [2.45, 2.75) is 26.4 Å². The first-order valence-corrected chi connectivity index (χ1v) is 6.99. The molecule has 2 nitrogen and oxygen atoms in total. The van der Waals surface area contributed by atoms with Crippen LogP contribution in [0.4, 0.5) is 5.69 Å². The molecule has 0 heterocycles. The topological polar surface area (TPSA) is 23.5 Å². The standard InChI is InChI=1S/C18H23NO/c1-13-8-9-15(10-14(13)2)11-18(20)16-6-5-7-17(12-16)19(3)4/h5-10,12,18,20H,11H2,1-4H3. The van der Waals surface area contributed by atoms with Crippen molar-refractivity contribution in [3.63, 3.8) is 0 Å². The summed E-state index contributed by atoms with van der Waals surface area (Å²) in [6.45, 7) is 4.22. The lowest BCUT2D eigenvalue weighted by Gasteiger charge is -2.17. The summed E-state index contributed by atoms with van der Waals surface area (Å²) >= 11 is 0. The lowest BCUT2D eigenvalue weighted by Crippen LogP contribution is -2.10. The summed E-state index contributed by atoms with van der Waals surface area (Å²) in [6, 6.07) is 14.5. The molecule has 0 spiro atoms. The van der Waals surface area contributed by atoms with E-state index in [-0.39, 0.29) is 0 Å². The van der Waals surface area contributed by atoms with E-state index in [0.29, 0.717) is 6.42 Å². The summed E-state index contributed by atoms with van der Waals surface area (Å²) < 4.78 is 0. The largest absolute Gasteiger partial charge is 0.388 e. The van der Waals surface area contributed by atoms with Crippen LogP contribution < -0.4 is 4.90 Å². The van der Waals surface area contributed by atoms with Gasteiger partial charge in [-0.1, -0.05) is 30.3 Å². The van der Waals surface area contributed by atoms with E-state index >= 15 is 0 Å². The first-order chi connectivity index (χ1) is 9.47. The smallest absolute Gasteiger partial charge is 0.0831 e. The SMILES string of the molecule is Cc1ccc(CC(O)c2cccc(N(C)C)c2)cc1C. The van der Waals surface area contributed by atoms with Gasteiger partial charge in [-0.15, -0.1) is 0 Å². The lowest BCUT2D eigenvalue weighted by molar-refractivity contribution is 0.178. The molecule has 2 aromatic rings. The number of nitrogens with zero attached hydrogens (tertiary/aromatic N) is 1. The van der Waals surface area contributed by atoms with Gasteiger partial charge in [-0.2, -0.15) is 0 Å². The van der Waals surface area contributed by atoms with E-state index in [1.165, 1.54) is 16.7 Å². The van der Waals surface area contributed by atoms with Gasteiger partial charge >= 0.3 is 0 Å². The van der Waals surface area contributed by atoms with Gasteiger partial charge < -0.3 is 10.0 Å². The first kappa shape index (κ1) is 14.6. The molecule has 0 saturated heterocycles. The van der Waals surface area contributed by atoms with Gasteiger partial charge in [-0.05, 0) is 48.2 Å². The van der Waals surface area contributed by atoms with Crippen molar-refractivity contribution < 1.29 is 5.11 Å². The summed E-state index contributed by atoms with van der Waals surface area (Å²) in [5.41, 5.74) is 5.82. The molecule has 0 amide bonds. The summed E-state index contributed by atoms with van der Waals surface area (Å²) in [5.74, 6) is 0. The molecule has 2 heteroatoms. The number of hydrogen-bond acceptors (Lipinski definition) is 2. The van der Waals surface area contributed by atoms with Crippen molar-refractivity contribution in [1.29, 1.82) is 0 Å². The number of benzene rings is 2. The lowest BCUT2D eigenvalue weighted by atomic mass is 9.98. The molecule has 0 aromatic heterocycles. The van der Waals surface area contributed by atoms with Gasteiger partial charge in [0.05, 0.1) is 6.10 Å². The number of aliphatic hydroxyl groups is 1. The Morgan fingerprint density at radius 1 is 1.00 bits per heavy atom. The van der Waals surface area contributed by atoms with Crippen molar-refractivity contribution in [3.8, 4) is 0 Å². The Labute approximate surface area is 121 Å². The quantitative estimate of drug-likeness (QED) is 0.916. The van der Waals surface area contributed by atoms with E-state index in [1.807, 2.05) is 43.3 Å². The number of anilines is 1. The molecule has 106 valence electrons. The first-order valence-electron chi connectivity index (χ1n) is 6.99. The monoisotopic (exact) mass is 269 g/mol. The van der Waals surface area contributed by atoms with Crippen molar-refractivity contribution >= 4 is 5.69 Å². The van der Waals surface area contributed by atoms with Crippen LogP contribution in [0.15, 0.2) is 42.5 Å². The van der Waals surface area contributed by atoms with Crippen LogP contribution >= 0.6 is 0 Å². The Kier molecular flexibility index (Phi) is 4.46. The van der Waals surface area contributed by atoms with Crippen LogP contribution in [0.25, 0.3) is 0 Å². The highest BCUT2D eigenvalue weighted by atomic mass is 16.3. The highest BCUT2D eigenvalue weighted by Crippen LogP contribution is 2.23. The molecule has 1 atom stereocenters. The van der Waals surface area contributed by atoms with Crippen molar-refractivity contribution in [1.82, 2.24) is 0 Å². The summed E-state index contributed by atoms with van der Waals surface area (Å²) in [6.07, 6.45) is 0.190. The molecule has 2 rings (SSSR count). The number of rotatable bonds is 4. The van der Waals surface area contributed by atoms with Crippen LogP contribution in [0, 0.1) is 13.8 Å². The Balaban J connectivity index is 2.17. The molecule has 0 aliphatic carbocycles. The van der Waals surface area contributed by atoms with Gasteiger partial charge in [-0.3, -0.25) is 0 Å². The predicted molar refractivity (Wildman–Crippen MR) is 85.3 cm³/mol. The molecule has 1 unspecified atom stereocenters. The minimum atomic E-state index is -0.461. The van der Waals surface area contributed by atoms with Gasteiger partial charge in [0.2, 0.25) is 0 Å². The maximum atomic E-state index is 10.4. The Morgan fingerprint density at radius 2 is 1.75 bits per heavy atom. The zero-order valence-corrected chi connectivity index (χ0v) is 12.7. The second-order valence-corrected chi connectivity index (χ2v) is 5.63. The van der Waals surface area contributed by atoms with Gasteiger partial charge in [0.1, 0.15) is 0 Å². The number of aryl methyl sites for hydroxylation is 2. The Morgan fingerprint density at radius 3 is 2.40 bits per heavy atom. The highest BCUT2D eigenvalue weighted by molar-refractivity contribution is 5.47. The van der Waals surface area contributed by atoms with Gasteiger partial charge in [0, 0.05) is 26.2 Å². The van der Waals surface area contributed by atoms with Crippen LogP contribution in [0.3, 0.4) is 0 Å². The molecule has 0 aliphatic heterocycles. The van der Waals surface area contributed by atoms with Crippen molar-refractivity contribution in [2.75, 3.05) is 19.0 Å². The maximum absolute atomic E-state index is 10.4. The minimum absolute atomic E-state index is 0.461. The van der Waals surface area contributed by atoms with Crippen molar-refractivity contribution in [2.24, 2.45) is 0 Å². The predicted octanol–water partition coefficient (Wildman–Crippen LogP) is 3.65. The average molecular weight is 269 g/mol. The molecule has 0 saturated carbocycles. The summed E-state index contributed by atoms with van der Waals surface area (Å²) in [5, 5.41) is 10.4. The molecule has 0 aliphatic rings.